The second kappa shape index (κ2) is 6.68. The fourth-order valence-corrected chi connectivity index (χ4v) is 3.67. The molecule has 4 aromatic rings. The summed E-state index contributed by atoms with van der Waals surface area (Å²) in [4.78, 5) is 23.2. The van der Waals surface area contributed by atoms with Crippen LogP contribution in [0, 0.1) is 20.8 Å². The van der Waals surface area contributed by atoms with Gasteiger partial charge in [0.25, 0.3) is 0 Å². The Balaban J connectivity index is 1.98. The standard InChI is InChI=1S/C23H20O5/c1-12-4-6-15(7-5-12)19-11-27-21-14(3)22-17(10-18(19)21)13(2)16(23(26)28-22)8-9-20(24)25/h4-7,10-11H,8-9H2,1-3H3,(H,24,25)/p-1. The Morgan fingerprint density at radius 2 is 1.71 bits per heavy atom. The predicted octanol–water partition coefficient (Wildman–Crippen LogP) is 3.81. The number of aryl methyl sites for hydroxylation is 3. The minimum absolute atomic E-state index is 0.0831. The van der Waals surface area contributed by atoms with E-state index in [1.807, 2.05) is 51.1 Å². The molecule has 0 fully saturated rings. The molecule has 5 heteroatoms. The highest BCUT2D eigenvalue weighted by molar-refractivity contribution is 6.04. The number of hydrogen-bond donors (Lipinski definition) is 0. The molecule has 0 N–H and O–H groups in total. The molecule has 28 heavy (non-hydrogen) atoms. The minimum Gasteiger partial charge on any atom is -0.550 e. The normalized spacial score (nSPS) is 11.4. The number of carbonyl (C=O) groups is 1. The van der Waals surface area contributed by atoms with E-state index in [1.165, 1.54) is 5.56 Å². The molecule has 0 atom stereocenters. The van der Waals surface area contributed by atoms with E-state index >= 15 is 0 Å². The lowest BCUT2D eigenvalue weighted by atomic mass is 9.96. The van der Waals surface area contributed by atoms with Crippen LogP contribution in [-0.2, 0) is 11.2 Å². The summed E-state index contributed by atoms with van der Waals surface area (Å²) in [6, 6.07) is 10.1. The van der Waals surface area contributed by atoms with Crippen molar-refractivity contribution in [1.82, 2.24) is 0 Å². The van der Waals surface area contributed by atoms with E-state index in [1.54, 1.807) is 6.26 Å². The second-order valence-electron chi connectivity index (χ2n) is 7.14. The predicted molar refractivity (Wildman–Crippen MR) is 105 cm³/mol. The van der Waals surface area contributed by atoms with Crippen LogP contribution in [0.5, 0.6) is 0 Å². The van der Waals surface area contributed by atoms with E-state index in [9.17, 15) is 14.7 Å². The molecule has 0 aliphatic heterocycles. The molecule has 4 rings (SSSR count). The third kappa shape index (κ3) is 2.89. The Bertz CT molecular complexity index is 1270. The van der Waals surface area contributed by atoms with Crippen molar-refractivity contribution in [2.24, 2.45) is 0 Å². The molecular formula is C23H19O5-. The average molecular weight is 375 g/mol. The quantitative estimate of drug-likeness (QED) is 0.507. The number of aliphatic carboxylic acids is 1. The van der Waals surface area contributed by atoms with Gasteiger partial charge in [-0.2, -0.15) is 0 Å². The zero-order valence-electron chi connectivity index (χ0n) is 15.9. The summed E-state index contributed by atoms with van der Waals surface area (Å²) in [5.74, 6) is -1.19. The zero-order chi connectivity index (χ0) is 20.0. The third-order valence-electron chi connectivity index (χ3n) is 5.28. The van der Waals surface area contributed by atoms with Gasteiger partial charge in [0.1, 0.15) is 11.2 Å². The molecule has 142 valence electrons. The van der Waals surface area contributed by atoms with Crippen LogP contribution in [0.25, 0.3) is 33.1 Å². The molecule has 5 nitrogen and oxygen atoms in total. The number of rotatable bonds is 4. The first-order valence-electron chi connectivity index (χ1n) is 9.10. The van der Waals surface area contributed by atoms with Gasteiger partial charge in [-0.3, -0.25) is 0 Å². The smallest absolute Gasteiger partial charge is 0.339 e. The fourth-order valence-electron chi connectivity index (χ4n) is 3.67. The van der Waals surface area contributed by atoms with E-state index in [4.69, 9.17) is 8.83 Å². The van der Waals surface area contributed by atoms with Crippen LogP contribution < -0.4 is 10.7 Å². The van der Waals surface area contributed by atoms with E-state index in [0.29, 0.717) is 16.7 Å². The van der Waals surface area contributed by atoms with Crippen LogP contribution >= 0.6 is 0 Å². The van der Waals surface area contributed by atoms with Crippen molar-refractivity contribution in [1.29, 1.82) is 0 Å². The third-order valence-corrected chi connectivity index (χ3v) is 5.28. The first kappa shape index (κ1) is 18.0. The number of benzene rings is 2. The number of carboxylic acid groups (broad SMARTS) is 1. The molecule has 0 bridgehead atoms. The van der Waals surface area contributed by atoms with Gasteiger partial charge in [0.2, 0.25) is 0 Å². The summed E-state index contributed by atoms with van der Waals surface area (Å²) in [5.41, 5.74) is 5.65. The van der Waals surface area contributed by atoms with Gasteiger partial charge in [-0.15, -0.1) is 0 Å². The van der Waals surface area contributed by atoms with E-state index in [2.05, 4.69) is 0 Å². The molecule has 0 spiro atoms. The number of carboxylic acids is 1. The molecule has 0 amide bonds. The molecule has 0 aliphatic rings. The zero-order valence-corrected chi connectivity index (χ0v) is 15.9. The van der Waals surface area contributed by atoms with Gasteiger partial charge < -0.3 is 18.7 Å². The van der Waals surface area contributed by atoms with Crippen molar-refractivity contribution in [3.8, 4) is 11.1 Å². The maximum atomic E-state index is 12.4. The summed E-state index contributed by atoms with van der Waals surface area (Å²) in [5, 5.41) is 12.5. The minimum atomic E-state index is -1.19. The maximum absolute atomic E-state index is 12.4. The van der Waals surface area contributed by atoms with Gasteiger partial charge in [0.15, 0.2) is 0 Å². The van der Waals surface area contributed by atoms with Gasteiger partial charge in [-0.25, -0.2) is 4.79 Å². The Hall–Kier alpha value is -3.34. The van der Waals surface area contributed by atoms with E-state index < -0.39 is 11.6 Å². The van der Waals surface area contributed by atoms with Gasteiger partial charge in [-0.05, 0) is 50.8 Å². The molecule has 2 heterocycles. The topological polar surface area (TPSA) is 83.5 Å². The molecule has 0 saturated heterocycles. The van der Waals surface area contributed by atoms with Crippen LogP contribution in [-0.4, -0.2) is 5.97 Å². The van der Waals surface area contributed by atoms with E-state index in [-0.39, 0.29) is 12.8 Å². The monoisotopic (exact) mass is 375 g/mol. The Morgan fingerprint density at radius 1 is 1.00 bits per heavy atom. The molecule has 0 aliphatic carbocycles. The van der Waals surface area contributed by atoms with Gasteiger partial charge in [-0.1, -0.05) is 29.8 Å². The summed E-state index contributed by atoms with van der Waals surface area (Å²) < 4.78 is 11.4. The average Bonchev–Trinajstić information content (AvgIpc) is 3.07. The highest BCUT2D eigenvalue weighted by Crippen LogP contribution is 2.37. The van der Waals surface area contributed by atoms with E-state index in [0.717, 1.165) is 33.0 Å². The Kier molecular flexibility index (Phi) is 4.30. The van der Waals surface area contributed by atoms with Gasteiger partial charge >= 0.3 is 5.63 Å². The molecule has 0 unspecified atom stereocenters. The lowest BCUT2D eigenvalue weighted by molar-refractivity contribution is -0.305. The summed E-state index contributed by atoms with van der Waals surface area (Å²) >= 11 is 0. The van der Waals surface area contributed by atoms with Crippen LogP contribution in [0.4, 0.5) is 0 Å². The van der Waals surface area contributed by atoms with Crippen LogP contribution in [0.2, 0.25) is 0 Å². The first-order chi connectivity index (χ1) is 13.4. The number of fused-ring (bicyclic) bond motifs is 2. The maximum Gasteiger partial charge on any atom is 0.339 e. The van der Waals surface area contributed by atoms with Crippen molar-refractivity contribution < 1.29 is 18.7 Å². The Morgan fingerprint density at radius 3 is 2.39 bits per heavy atom. The molecule has 0 saturated carbocycles. The summed E-state index contributed by atoms with van der Waals surface area (Å²) in [6.45, 7) is 5.71. The summed E-state index contributed by atoms with van der Waals surface area (Å²) in [7, 11) is 0. The van der Waals surface area contributed by atoms with Crippen LogP contribution in [0.1, 0.15) is 28.7 Å². The van der Waals surface area contributed by atoms with Crippen LogP contribution in [0.3, 0.4) is 0 Å². The highest BCUT2D eigenvalue weighted by atomic mass is 16.4. The van der Waals surface area contributed by atoms with Crippen molar-refractivity contribution in [3.05, 3.63) is 69.3 Å². The molecule has 2 aromatic carbocycles. The SMILES string of the molecule is Cc1ccc(-c2coc3c(C)c4oc(=O)c(CCC(=O)[O-])c(C)c4cc23)cc1. The highest BCUT2D eigenvalue weighted by Gasteiger charge is 2.18. The number of furan rings is 1. The number of carbonyl (C=O) groups excluding carboxylic acids is 1. The van der Waals surface area contributed by atoms with Gasteiger partial charge in [0.05, 0.1) is 6.26 Å². The second-order valence-corrected chi connectivity index (χ2v) is 7.14. The molecular weight excluding hydrogens is 356 g/mol. The van der Waals surface area contributed by atoms with Gasteiger partial charge in [0, 0.05) is 33.4 Å². The molecule has 2 aromatic heterocycles. The first-order valence-corrected chi connectivity index (χ1v) is 9.10. The Labute approximate surface area is 161 Å². The number of hydrogen-bond acceptors (Lipinski definition) is 5. The van der Waals surface area contributed by atoms with Crippen molar-refractivity contribution in [3.63, 3.8) is 0 Å². The van der Waals surface area contributed by atoms with Crippen LogP contribution in [0.15, 0.2) is 50.2 Å². The molecule has 0 radical (unpaired) electrons. The van der Waals surface area contributed by atoms with Crippen molar-refractivity contribution >= 4 is 27.9 Å². The lowest BCUT2D eigenvalue weighted by Gasteiger charge is -2.10. The fraction of sp³-hybridized carbons (Fsp3) is 0.217. The largest absolute Gasteiger partial charge is 0.550 e. The summed E-state index contributed by atoms with van der Waals surface area (Å²) in [6.07, 6.45) is 1.57. The lowest BCUT2D eigenvalue weighted by Crippen LogP contribution is -2.24. The van der Waals surface area contributed by atoms with Crippen molar-refractivity contribution in [2.45, 2.75) is 33.6 Å². The van der Waals surface area contributed by atoms with Crippen molar-refractivity contribution in [2.75, 3.05) is 0 Å².